The van der Waals surface area contributed by atoms with Crippen molar-refractivity contribution in [1.29, 1.82) is 0 Å². The van der Waals surface area contributed by atoms with Gasteiger partial charge in [-0.15, -0.1) is 12.4 Å². The van der Waals surface area contributed by atoms with E-state index in [1.54, 1.807) is 0 Å². The Labute approximate surface area is 177 Å². The molecule has 2 aromatic carbocycles. The van der Waals surface area contributed by atoms with Gasteiger partial charge < -0.3 is 24.4 Å². The number of aliphatic carboxylic acids is 1. The number of para-hydroxylation sites is 4. The second-order valence-corrected chi connectivity index (χ2v) is 7.30. The summed E-state index contributed by atoms with van der Waals surface area (Å²) in [4.78, 5) is 15.8. The number of ether oxygens (including phenoxy) is 2. The van der Waals surface area contributed by atoms with Gasteiger partial charge in [0.1, 0.15) is 11.5 Å². The van der Waals surface area contributed by atoms with Crippen LogP contribution < -0.4 is 14.4 Å². The quantitative estimate of drug-likeness (QED) is 0.786. The van der Waals surface area contributed by atoms with Crippen LogP contribution in [0.25, 0.3) is 0 Å². The first-order valence-electron chi connectivity index (χ1n) is 9.89. The number of rotatable bonds is 5. The molecule has 1 fully saturated rings. The molecule has 4 rings (SSSR count). The van der Waals surface area contributed by atoms with E-state index in [1.807, 2.05) is 36.4 Å². The molecule has 156 valence electrons. The van der Waals surface area contributed by atoms with Gasteiger partial charge in [-0.3, -0.25) is 4.79 Å². The zero-order chi connectivity index (χ0) is 19.3. The highest BCUT2D eigenvalue weighted by atomic mass is 35.5. The zero-order valence-corrected chi connectivity index (χ0v) is 17.1. The molecule has 0 unspecified atom stereocenters. The van der Waals surface area contributed by atoms with Gasteiger partial charge in [-0.2, -0.15) is 0 Å². The molecule has 29 heavy (non-hydrogen) atoms. The van der Waals surface area contributed by atoms with Crippen molar-refractivity contribution >= 4 is 29.8 Å². The Bertz CT molecular complexity index is 776. The maximum Gasteiger partial charge on any atom is 0.306 e. The SMILES string of the molecule is Cl.O=C(O)C1CCN(CCCN2c3ccccc3OCOc3ccccc32)CC1. The maximum absolute atomic E-state index is 11.1. The summed E-state index contributed by atoms with van der Waals surface area (Å²) in [5.41, 5.74) is 2.09. The van der Waals surface area contributed by atoms with Crippen LogP contribution in [0.15, 0.2) is 48.5 Å². The summed E-state index contributed by atoms with van der Waals surface area (Å²) in [5, 5.41) is 9.16. The standard InChI is InChI=1S/C22H26N2O4.ClH/c25-22(26)17-10-14-23(15-11-17)12-5-13-24-18-6-1-3-8-20(18)27-16-28-21-9-4-2-7-19(21)24;/h1-4,6-9,17H,5,10-16H2,(H,25,26);1H. The molecule has 2 aromatic rings. The van der Waals surface area contributed by atoms with Crippen LogP contribution in [0, 0.1) is 5.92 Å². The molecule has 0 radical (unpaired) electrons. The first-order valence-corrected chi connectivity index (χ1v) is 9.89. The summed E-state index contributed by atoms with van der Waals surface area (Å²) in [5.74, 6) is 0.797. The summed E-state index contributed by atoms with van der Waals surface area (Å²) < 4.78 is 11.6. The minimum Gasteiger partial charge on any atom is -0.481 e. The van der Waals surface area contributed by atoms with Gasteiger partial charge >= 0.3 is 5.97 Å². The van der Waals surface area contributed by atoms with Gasteiger partial charge in [0.15, 0.2) is 0 Å². The smallest absolute Gasteiger partial charge is 0.306 e. The van der Waals surface area contributed by atoms with E-state index >= 15 is 0 Å². The minimum absolute atomic E-state index is 0. The van der Waals surface area contributed by atoms with Gasteiger partial charge in [-0.25, -0.2) is 0 Å². The third-order valence-corrected chi connectivity index (χ3v) is 5.53. The monoisotopic (exact) mass is 418 g/mol. The normalized spacial score (nSPS) is 16.9. The number of piperidine rings is 1. The van der Waals surface area contributed by atoms with Crippen LogP contribution in [-0.4, -0.2) is 48.9 Å². The van der Waals surface area contributed by atoms with E-state index in [9.17, 15) is 4.79 Å². The van der Waals surface area contributed by atoms with E-state index in [0.29, 0.717) is 0 Å². The summed E-state index contributed by atoms with van der Waals surface area (Å²) in [7, 11) is 0. The molecule has 0 aromatic heterocycles. The predicted octanol–water partition coefficient (Wildman–Crippen LogP) is 4.16. The van der Waals surface area contributed by atoms with Gasteiger partial charge in [0.2, 0.25) is 6.79 Å². The molecule has 0 aliphatic carbocycles. The molecule has 6 nitrogen and oxygen atoms in total. The van der Waals surface area contributed by atoms with Gasteiger partial charge in [-0.05, 0) is 63.2 Å². The Morgan fingerprint density at radius 1 is 0.931 bits per heavy atom. The zero-order valence-electron chi connectivity index (χ0n) is 16.3. The van der Waals surface area contributed by atoms with E-state index in [-0.39, 0.29) is 25.1 Å². The Kier molecular flexibility index (Phi) is 7.23. The fraction of sp³-hybridized carbons (Fsp3) is 0.409. The molecule has 2 aliphatic rings. The molecule has 2 heterocycles. The van der Waals surface area contributed by atoms with Gasteiger partial charge in [-0.1, -0.05) is 24.3 Å². The number of benzene rings is 2. The lowest BCUT2D eigenvalue weighted by atomic mass is 9.97. The molecule has 1 N–H and O–H groups in total. The number of carboxylic acids is 1. The number of likely N-dealkylation sites (tertiary alicyclic amines) is 1. The van der Waals surface area contributed by atoms with E-state index in [0.717, 1.165) is 68.3 Å². The lowest BCUT2D eigenvalue weighted by Crippen LogP contribution is -2.37. The number of carboxylic acid groups (broad SMARTS) is 1. The van der Waals surface area contributed by atoms with Crippen LogP contribution in [0.2, 0.25) is 0 Å². The maximum atomic E-state index is 11.1. The number of hydrogen-bond donors (Lipinski definition) is 1. The average molecular weight is 419 g/mol. The molecule has 2 aliphatic heterocycles. The van der Waals surface area contributed by atoms with Crippen molar-refractivity contribution in [3.8, 4) is 11.5 Å². The molecule has 0 spiro atoms. The number of nitrogens with zero attached hydrogens (tertiary/aromatic N) is 2. The highest BCUT2D eigenvalue weighted by Gasteiger charge is 2.25. The van der Waals surface area contributed by atoms with Crippen LogP contribution in [0.4, 0.5) is 11.4 Å². The Morgan fingerprint density at radius 3 is 2.03 bits per heavy atom. The van der Waals surface area contributed by atoms with Gasteiger partial charge in [0.25, 0.3) is 0 Å². The first-order chi connectivity index (χ1) is 13.7. The highest BCUT2D eigenvalue weighted by molar-refractivity contribution is 5.85. The van der Waals surface area contributed by atoms with Crippen LogP contribution in [-0.2, 0) is 4.79 Å². The number of hydrogen-bond acceptors (Lipinski definition) is 5. The van der Waals surface area contributed by atoms with Crippen LogP contribution in [0.5, 0.6) is 11.5 Å². The van der Waals surface area contributed by atoms with Crippen molar-refractivity contribution in [3.05, 3.63) is 48.5 Å². The van der Waals surface area contributed by atoms with Gasteiger partial charge in [0, 0.05) is 6.54 Å². The second-order valence-electron chi connectivity index (χ2n) is 7.30. The van der Waals surface area contributed by atoms with E-state index in [4.69, 9.17) is 14.6 Å². The lowest BCUT2D eigenvalue weighted by Gasteiger charge is -2.33. The van der Waals surface area contributed by atoms with Crippen LogP contribution in [0.1, 0.15) is 19.3 Å². The fourth-order valence-corrected chi connectivity index (χ4v) is 3.99. The van der Waals surface area contributed by atoms with Crippen LogP contribution >= 0.6 is 12.4 Å². The van der Waals surface area contributed by atoms with E-state index < -0.39 is 5.97 Å². The molecule has 0 atom stereocenters. The summed E-state index contributed by atoms with van der Waals surface area (Å²) in [6.45, 7) is 3.70. The van der Waals surface area contributed by atoms with Gasteiger partial charge in [0.05, 0.1) is 17.3 Å². The highest BCUT2D eigenvalue weighted by Crippen LogP contribution is 2.40. The summed E-state index contributed by atoms with van der Waals surface area (Å²) in [6.07, 6.45) is 2.46. The van der Waals surface area contributed by atoms with Crippen molar-refractivity contribution in [2.75, 3.05) is 37.9 Å². The van der Waals surface area contributed by atoms with Crippen molar-refractivity contribution < 1.29 is 19.4 Å². The van der Waals surface area contributed by atoms with Crippen molar-refractivity contribution in [2.45, 2.75) is 19.3 Å². The van der Waals surface area contributed by atoms with Crippen molar-refractivity contribution in [1.82, 2.24) is 4.90 Å². The number of anilines is 2. The number of fused-ring (bicyclic) bond motifs is 2. The number of carbonyl (C=O) groups is 1. The first kappa shape index (κ1) is 21.3. The Hall–Kier alpha value is -2.44. The fourth-order valence-electron chi connectivity index (χ4n) is 3.99. The molecule has 1 saturated heterocycles. The lowest BCUT2D eigenvalue weighted by molar-refractivity contribution is -0.143. The summed E-state index contributed by atoms with van der Waals surface area (Å²) in [6, 6.07) is 16.1. The Balaban J connectivity index is 0.00000240. The summed E-state index contributed by atoms with van der Waals surface area (Å²) >= 11 is 0. The minimum atomic E-state index is -0.659. The largest absolute Gasteiger partial charge is 0.481 e. The average Bonchev–Trinajstić information content (AvgIpc) is 2.71. The Morgan fingerprint density at radius 2 is 1.48 bits per heavy atom. The molecular weight excluding hydrogens is 392 g/mol. The van der Waals surface area contributed by atoms with Crippen molar-refractivity contribution in [2.24, 2.45) is 5.92 Å². The third-order valence-electron chi connectivity index (χ3n) is 5.53. The van der Waals surface area contributed by atoms with E-state index in [2.05, 4.69) is 21.9 Å². The molecule has 0 saturated carbocycles. The molecule has 7 heteroatoms. The van der Waals surface area contributed by atoms with E-state index in [1.165, 1.54) is 0 Å². The molecular formula is C22H27ClN2O4. The predicted molar refractivity (Wildman–Crippen MR) is 115 cm³/mol. The molecule has 0 bridgehead atoms. The topological polar surface area (TPSA) is 62.2 Å². The van der Waals surface area contributed by atoms with Crippen molar-refractivity contribution in [3.63, 3.8) is 0 Å². The number of halogens is 1. The molecule has 0 amide bonds. The third kappa shape index (κ3) is 4.95. The second kappa shape index (κ2) is 9.85. The van der Waals surface area contributed by atoms with Crippen LogP contribution in [0.3, 0.4) is 0 Å².